The fourth-order valence-electron chi connectivity index (χ4n) is 2.60. The Hall–Kier alpha value is -1.30. The summed E-state index contributed by atoms with van der Waals surface area (Å²) in [6.07, 6.45) is 0.458. The van der Waals surface area contributed by atoms with Crippen molar-refractivity contribution in [2.75, 3.05) is 44.3 Å². The topological polar surface area (TPSA) is 61.6 Å². The maximum absolute atomic E-state index is 12.0. The third kappa shape index (κ3) is 4.59. The Morgan fingerprint density at radius 3 is 2.95 bits per heavy atom. The molecule has 0 aliphatic carbocycles. The number of halogens is 1. The van der Waals surface area contributed by atoms with Crippen molar-refractivity contribution in [2.24, 2.45) is 0 Å². The molecule has 0 radical (unpaired) electrons. The molecule has 1 fully saturated rings. The van der Waals surface area contributed by atoms with Crippen LogP contribution in [0.1, 0.15) is 13.3 Å². The summed E-state index contributed by atoms with van der Waals surface area (Å²) in [5.74, 6) is -0.0323. The molecule has 1 saturated heterocycles. The molecule has 1 amide bonds. The van der Waals surface area contributed by atoms with Crippen LogP contribution in [0, 0.1) is 0 Å². The summed E-state index contributed by atoms with van der Waals surface area (Å²) in [4.78, 5) is 16.7. The van der Waals surface area contributed by atoms with E-state index in [1.165, 1.54) is 0 Å². The predicted molar refractivity (Wildman–Crippen MR) is 87.6 cm³/mol. The highest BCUT2D eigenvalue weighted by atomic mass is 35.5. The van der Waals surface area contributed by atoms with Crippen LogP contribution in [0.25, 0.3) is 0 Å². The zero-order valence-electron chi connectivity index (χ0n) is 12.6. The monoisotopic (exact) mass is 310 g/mol. The van der Waals surface area contributed by atoms with Gasteiger partial charge in [-0.05, 0) is 32.2 Å². The zero-order valence-corrected chi connectivity index (χ0v) is 13.4. The van der Waals surface area contributed by atoms with Crippen LogP contribution in [-0.4, -0.2) is 55.0 Å². The normalized spacial score (nSPS) is 20.4. The van der Waals surface area contributed by atoms with E-state index in [-0.39, 0.29) is 5.91 Å². The van der Waals surface area contributed by atoms with Gasteiger partial charge in [-0.1, -0.05) is 11.6 Å². The Morgan fingerprint density at radius 1 is 1.48 bits per heavy atom. The van der Waals surface area contributed by atoms with Crippen molar-refractivity contribution in [1.29, 1.82) is 0 Å². The maximum Gasteiger partial charge on any atom is 0.225 e. The molecule has 3 N–H and O–H groups in total. The van der Waals surface area contributed by atoms with Crippen LogP contribution >= 0.6 is 11.6 Å². The van der Waals surface area contributed by atoms with Crippen molar-refractivity contribution < 1.29 is 4.79 Å². The molecule has 2 rings (SSSR count). The van der Waals surface area contributed by atoms with Crippen molar-refractivity contribution in [3.8, 4) is 0 Å². The first-order chi connectivity index (χ1) is 9.95. The number of rotatable bonds is 4. The number of likely N-dealkylation sites (N-methyl/N-ethyl adjacent to an activating group) is 1. The van der Waals surface area contributed by atoms with E-state index < -0.39 is 0 Å². The number of hydrogen-bond acceptors (Lipinski definition) is 4. The molecule has 0 saturated carbocycles. The number of nitrogens with zero attached hydrogens (tertiary/aromatic N) is 2. The Morgan fingerprint density at radius 2 is 2.24 bits per heavy atom. The van der Waals surface area contributed by atoms with Gasteiger partial charge in [-0.2, -0.15) is 0 Å². The first-order valence-electron chi connectivity index (χ1n) is 7.23. The molecule has 21 heavy (non-hydrogen) atoms. The fraction of sp³-hybridized carbons (Fsp3) is 0.533. The predicted octanol–water partition coefficient (Wildman–Crippen LogP) is 1.89. The summed E-state index contributed by atoms with van der Waals surface area (Å²) in [6.45, 7) is 6.06. The third-order valence-electron chi connectivity index (χ3n) is 3.88. The zero-order chi connectivity index (χ0) is 15.4. The van der Waals surface area contributed by atoms with E-state index in [0.29, 0.717) is 28.9 Å². The number of carbonyl (C=O) groups is 1. The molecule has 0 spiro atoms. The van der Waals surface area contributed by atoms with E-state index in [0.717, 1.165) is 26.2 Å². The van der Waals surface area contributed by atoms with Gasteiger partial charge in [0.2, 0.25) is 5.91 Å². The average Bonchev–Trinajstić information content (AvgIpc) is 2.42. The van der Waals surface area contributed by atoms with Gasteiger partial charge < -0.3 is 16.0 Å². The summed E-state index contributed by atoms with van der Waals surface area (Å²) in [5.41, 5.74) is 6.94. The molecule has 116 valence electrons. The molecule has 0 bridgehead atoms. The minimum atomic E-state index is -0.0323. The second-order valence-electron chi connectivity index (χ2n) is 5.68. The number of anilines is 2. The Labute approximate surface area is 131 Å². The van der Waals surface area contributed by atoms with Crippen LogP contribution in [-0.2, 0) is 4.79 Å². The maximum atomic E-state index is 12.0. The molecule has 1 aliphatic rings. The highest BCUT2D eigenvalue weighted by Crippen LogP contribution is 2.23. The van der Waals surface area contributed by atoms with E-state index >= 15 is 0 Å². The molecule has 1 heterocycles. The van der Waals surface area contributed by atoms with Crippen LogP contribution in [0.3, 0.4) is 0 Å². The number of benzene rings is 1. The molecule has 1 atom stereocenters. The van der Waals surface area contributed by atoms with Gasteiger partial charge >= 0.3 is 0 Å². The molecule has 1 aromatic rings. The van der Waals surface area contributed by atoms with E-state index in [1.54, 1.807) is 18.2 Å². The van der Waals surface area contributed by atoms with Crippen molar-refractivity contribution >= 4 is 28.9 Å². The standard InChI is InChI=1S/C15H23ClN4O/c1-11-10-19(2)7-8-20(11)6-5-15(21)18-14-9-12(16)3-4-13(14)17/h3-4,9,11H,5-8,10,17H2,1-2H3,(H,18,21). The number of piperazine rings is 1. The third-order valence-corrected chi connectivity index (χ3v) is 4.12. The first kappa shape index (κ1) is 16.1. The lowest BCUT2D eigenvalue weighted by Crippen LogP contribution is -2.50. The van der Waals surface area contributed by atoms with E-state index in [9.17, 15) is 4.79 Å². The molecule has 1 aliphatic heterocycles. The molecule has 1 aromatic carbocycles. The Balaban J connectivity index is 1.83. The van der Waals surface area contributed by atoms with E-state index in [1.807, 2.05) is 0 Å². The highest BCUT2D eigenvalue weighted by molar-refractivity contribution is 6.31. The van der Waals surface area contributed by atoms with Gasteiger partial charge in [-0.3, -0.25) is 9.69 Å². The largest absolute Gasteiger partial charge is 0.397 e. The minimum absolute atomic E-state index is 0.0323. The van der Waals surface area contributed by atoms with Gasteiger partial charge in [-0.15, -0.1) is 0 Å². The highest BCUT2D eigenvalue weighted by Gasteiger charge is 2.21. The van der Waals surface area contributed by atoms with Gasteiger partial charge in [0, 0.05) is 43.7 Å². The van der Waals surface area contributed by atoms with Crippen molar-refractivity contribution in [2.45, 2.75) is 19.4 Å². The van der Waals surface area contributed by atoms with Gasteiger partial charge in [0.1, 0.15) is 0 Å². The number of carbonyl (C=O) groups excluding carboxylic acids is 1. The minimum Gasteiger partial charge on any atom is -0.397 e. The number of nitrogens with one attached hydrogen (secondary N) is 1. The quantitative estimate of drug-likeness (QED) is 0.834. The van der Waals surface area contributed by atoms with E-state index in [4.69, 9.17) is 17.3 Å². The van der Waals surface area contributed by atoms with Crippen molar-refractivity contribution in [1.82, 2.24) is 9.80 Å². The number of hydrogen-bond donors (Lipinski definition) is 2. The number of nitrogens with two attached hydrogens (primary N) is 1. The fourth-order valence-corrected chi connectivity index (χ4v) is 2.78. The molecule has 5 nitrogen and oxygen atoms in total. The van der Waals surface area contributed by atoms with Gasteiger partial charge in [-0.25, -0.2) is 0 Å². The molecular formula is C15H23ClN4O. The van der Waals surface area contributed by atoms with Crippen LogP contribution in [0.15, 0.2) is 18.2 Å². The van der Waals surface area contributed by atoms with Crippen LogP contribution in [0.4, 0.5) is 11.4 Å². The number of nitrogen functional groups attached to an aromatic ring is 1. The second-order valence-corrected chi connectivity index (χ2v) is 6.11. The summed E-state index contributed by atoms with van der Waals surface area (Å²) >= 11 is 5.91. The summed E-state index contributed by atoms with van der Waals surface area (Å²) in [6, 6.07) is 5.56. The lowest BCUT2D eigenvalue weighted by atomic mass is 10.2. The Bertz CT molecular complexity index is 508. The first-order valence-corrected chi connectivity index (χ1v) is 7.61. The van der Waals surface area contributed by atoms with Crippen LogP contribution < -0.4 is 11.1 Å². The smallest absolute Gasteiger partial charge is 0.225 e. The van der Waals surface area contributed by atoms with Gasteiger partial charge in [0.15, 0.2) is 0 Å². The summed E-state index contributed by atoms with van der Waals surface area (Å²) < 4.78 is 0. The molecular weight excluding hydrogens is 288 g/mol. The van der Waals surface area contributed by atoms with Crippen LogP contribution in [0.5, 0.6) is 0 Å². The lowest BCUT2D eigenvalue weighted by molar-refractivity contribution is -0.116. The van der Waals surface area contributed by atoms with Crippen LogP contribution in [0.2, 0.25) is 5.02 Å². The van der Waals surface area contributed by atoms with E-state index in [2.05, 4.69) is 29.1 Å². The Kier molecular flexibility index (Phi) is 5.45. The average molecular weight is 311 g/mol. The van der Waals surface area contributed by atoms with Crippen molar-refractivity contribution in [3.63, 3.8) is 0 Å². The van der Waals surface area contributed by atoms with Gasteiger partial charge in [0.25, 0.3) is 0 Å². The summed E-state index contributed by atoms with van der Waals surface area (Å²) in [7, 11) is 2.13. The van der Waals surface area contributed by atoms with Gasteiger partial charge in [0.05, 0.1) is 11.4 Å². The molecule has 0 aromatic heterocycles. The SMILES string of the molecule is CC1CN(C)CCN1CCC(=O)Nc1cc(Cl)ccc1N. The lowest BCUT2D eigenvalue weighted by Gasteiger charge is -2.38. The van der Waals surface area contributed by atoms with Crippen molar-refractivity contribution in [3.05, 3.63) is 23.2 Å². The molecule has 6 heteroatoms. The second kappa shape index (κ2) is 7.11. The molecule has 1 unspecified atom stereocenters. The summed E-state index contributed by atoms with van der Waals surface area (Å²) in [5, 5.41) is 3.39. The number of amides is 1.